The summed E-state index contributed by atoms with van der Waals surface area (Å²) in [5, 5.41) is 10.1. The maximum Gasteiger partial charge on any atom is 0.314 e. The van der Waals surface area contributed by atoms with Crippen molar-refractivity contribution < 1.29 is 14.6 Å². The molecule has 2 aliphatic rings. The third kappa shape index (κ3) is 3.70. The second-order valence-electron chi connectivity index (χ2n) is 8.01. The van der Waals surface area contributed by atoms with Gasteiger partial charge in [0.15, 0.2) is 0 Å². The van der Waals surface area contributed by atoms with Gasteiger partial charge in [0.25, 0.3) is 0 Å². The molecule has 2 aliphatic carbocycles. The van der Waals surface area contributed by atoms with Crippen LogP contribution in [0.3, 0.4) is 0 Å². The van der Waals surface area contributed by atoms with E-state index < -0.39 is 11.4 Å². The summed E-state index contributed by atoms with van der Waals surface area (Å²) in [6, 6.07) is 18.0. The summed E-state index contributed by atoms with van der Waals surface area (Å²) in [6.45, 7) is 0.779. The van der Waals surface area contributed by atoms with Crippen LogP contribution in [0.25, 0.3) is 0 Å². The van der Waals surface area contributed by atoms with Crippen LogP contribution in [-0.2, 0) is 20.5 Å². The molecular weight excluding hydrogens is 404 g/mol. The third-order valence-corrected chi connectivity index (χ3v) is 6.84. The van der Waals surface area contributed by atoms with E-state index >= 15 is 0 Å². The Morgan fingerprint density at radius 3 is 2.15 bits per heavy atom. The van der Waals surface area contributed by atoms with Crippen LogP contribution < -0.4 is 0 Å². The van der Waals surface area contributed by atoms with Gasteiger partial charge >= 0.3 is 5.97 Å². The molecule has 0 radical (unpaired) electrons. The van der Waals surface area contributed by atoms with Crippen molar-refractivity contribution in [3.63, 3.8) is 0 Å². The van der Waals surface area contributed by atoms with Crippen LogP contribution in [0.2, 0.25) is 0 Å². The minimum Gasteiger partial charge on any atom is -0.481 e. The molecule has 2 saturated carbocycles. The molecule has 27 heavy (non-hydrogen) atoms. The molecule has 4 rings (SSSR count). The second kappa shape index (κ2) is 7.40. The quantitative estimate of drug-likeness (QED) is 0.644. The highest BCUT2D eigenvalue weighted by atomic mass is 79.9. The Morgan fingerprint density at radius 1 is 0.963 bits per heavy atom. The molecule has 0 saturated heterocycles. The molecule has 0 bridgehead atoms. The molecule has 142 valence electrons. The maximum atomic E-state index is 12.3. The van der Waals surface area contributed by atoms with Crippen LogP contribution in [0.5, 0.6) is 0 Å². The summed E-state index contributed by atoms with van der Waals surface area (Å²) in [4.78, 5) is 12.3. The maximum absolute atomic E-state index is 12.3. The number of carboxylic acids is 1. The predicted octanol–water partition coefficient (Wildman–Crippen LogP) is 5.67. The lowest BCUT2D eigenvalue weighted by molar-refractivity contribution is -0.151. The summed E-state index contributed by atoms with van der Waals surface area (Å²) in [5.41, 5.74) is 0.877. The first-order valence-corrected chi connectivity index (χ1v) is 10.5. The fraction of sp³-hybridized carbons (Fsp3) is 0.435. The molecule has 3 nitrogen and oxygen atoms in total. The normalized spacial score (nSPS) is 28.0. The highest BCUT2D eigenvalue weighted by molar-refractivity contribution is 9.10. The van der Waals surface area contributed by atoms with Crippen LogP contribution in [0.15, 0.2) is 59.1 Å². The average molecular weight is 429 g/mol. The van der Waals surface area contributed by atoms with Crippen molar-refractivity contribution in [2.45, 2.75) is 49.5 Å². The van der Waals surface area contributed by atoms with Crippen molar-refractivity contribution in [2.24, 2.45) is 5.92 Å². The fourth-order valence-electron chi connectivity index (χ4n) is 4.30. The van der Waals surface area contributed by atoms with Crippen LogP contribution in [0, 0.1) is 5.92 Å². The van der Waals surface area contributed by atoms with E-state index in [0.29, 0.717) is 18.8 Å². The van der Waals surface area contributed by atoms with E-state index in [1.54, 1.807) is 0 Å². The molecule has 0 aliphatic heterocycles. The fourth-order valence-corrected chi connectivity index (χ4v) is 4.56. The van der Waals surface area contributed by atoms with Crippen molar-refractivity contribution >= 4 is 21.9 Å². The number of carbonyl (C=O) groups is 1. The summed E-state index contributed by atoms with van der Waals surface area (Å²) in [6.07, 6.45) is 5.13. The summed E-state index contributed by atoms with van der Waals surface area (Å²) < 4.78 is 7.57. The molecular formula is C23H25BrO3. The summed E-state index contributed by atoms with van der Waals surface area (Å²) in [7, 11) is 0. The van der Waals surface area contributed by atoms with Gasteiger partial charge in [0.1, 0.15) is 0 Å². The Bertz CT molecular complexity index is 788. The lowest BCUT2D eigenvalue weighted by Crippen LogP contribution is -2.46. The monoisotopic (exact) mass is 428 g/mol. The molecule has 0 spiro atoms. The number of aliphatic carboxylic acids is 1. The molecule has 4 heteroatoms. The first kappa shape index (κ1) is 18.7. The SMILES string of the molecule is O=C(O)C1(c2ccccc2)CCC(OCC2CC2)(c2ccc(Br)cc2)CC1. The Balaban J connectivity index is 1.63. The van der Waals surface area contributed by atoms with Crippen LogP contribution >= 0.6 is 15.9 Å². The molecule has 2 aromatic rings. The molecule has 0 aromatic heterocycles. The van der Waals surface area contributed by atoms with E-state index in [0.717, 1.165) is 29.5 Å². The zero-order valence-corrected chi connectivity index (χ0v) is 17.0. The zero-order chi connectivity index (χ0) is 18.9. The van der Waals surface area contributed by atoms with Crippen LogP contribution in [-0.4, -0.2) is 17.7 Å². The van der Waals surface area contributed by atoms with E-state index in [4.69, 9.17) is 4.74 Å². The van der Waals surface area contributed by atoms with Gasteiger partial charge in [0.05, 0.1) is 17.6 Å². The molecule has 0 amide bonds. The number of carboxylic acid groups (broad SMARTS) is 1. The van der Waals surface area contributed by atoms with Crippen LogP contribution in [0.1, 0.15) is 49.7 Å². The highest BCUT2D eigenvalue weighted by Crippen LogP contribution is 2.50. The first-order chi connectivity index (χ1) is 13.0. The Hall–Kier alpha value is -1.65. The number of rotatable bonds is 6. The predicted molar refractivity (Wildman–Crippen MR) is 109 cm³/mol. The Kier molecular flexibility index (Phi) is 5.13. The standard InChI is InChI=1S/C23H25BrO3/c24-20-10-8-19(9-11-20)23(27-16-17-6-7-17)14-12-22(13-15-23,21(25)26)18-4-2-1-3-5-18/h1-5,8-11,17H,6-7,12-16H2,(H,25,26). The van der Waals surface area contributed by atoms with Gasteiger partial charge in [-0.15, -0.1) is 0 Å². The molecule has 2 fully saturated rings. The number of ether oxygens (including phenoxy) is 1. The Morgan fingerprint density at radius 2 is 1.59 bits per heavy atom. The number of halogens is 1. The molecule has 0 atom stereocenters. The van der Waals surface area contributed by atoms with Crippen molar-refractivity contribution in [3.8, 4) is 0 Å². The Labute approximate surface area is 168 Å². The van der Waals surface area contributed by atoms with Gasteiger partial charge in [-0.05, 0) is 67.7 Å². The first-order valence-electron chi connectivity index (χ1n) is 9.73. The smallest absolute Gasteiger partial charge is 0.314 e. The van der Waals surface area contributed by atoms with E-state index in [1.807, 2.05) is 42.5 Å². The van der Waals surface area contributed by atoms with Gasteiger partial charge in [-0.25, -0.2) is 0 Å². The average Bonchev–Trinajstić information content (AvgIpc) is 3.52. The van der Waals surface area contributed by atoms with E-state index in [1.165, 1.54) is 18.4 Å². The zero-order valence-electron chi connectivity index (χ0n) is 15.4. The number of hydrogen-bond acceptors (Lipinski definition) is 2. The molecule has 0 heterocycles. The van der Waals surface area contributed by atoms with Gasteiger partial charge in [-0.1, -0.05) is 58.4 Å². The van der Waals surface area contributed by atoms with Gasteiger partial charge in [-0.3, -0.25) is 4.79 Å². The van der Waals surface area contributed by atoms with Gasteiger partial charge in [0, 0.05) is 4.47 Å². The van der Waals surface area contributed by atoms with Crippen molar-refractivity contribution in [3.05, 3.63) is 70.2 Å². The minimum atomic E-state index is -0.816. The van der Waals surface area contributed by atoms with E-state index in [-0.39, 0.29) is 5.60 Å². The van der Waals surface area contributed by atoms with Crippen molar-refractivity contribution in [1.82, 2.24) is 0 Å². The summed E-state index contributed by atoms with van der Waals surface area (Å²) >= 11 is 3.51. The largest absolute Gasteiger partial charge is 0.481 e. The van der Waals surface area contributed by atoms with Gasteiger partial charge < -0.3 is 9.84 Å². The lowest BCUT2D eigenvalue weighted by Gasteiger charge is -2.45. The topological polar surface area (TPSA) is 46.5 Å². The molecule has 2 aromatic carbocycles. The summed E-state index contributed by atoms with van der Waals surface area (Å²) in [5.74, 6) is -0.0436. The number of hydrogen-bond donors (Lipinski definition) is 1. The third-order valence-electron chi connectivity index (χ3n) is 6.31. The van der Waals surface area contributed by atoms with Crippen molar-refractivity contribution in [2.75, 3.05) is 6.61 Å². The van der Waals surface area contributed by atoms with Crippen LogP contribution in [0.4, 0.5) is 0 Å². The molecule has 1 N–H and O–H groups in total. The van der Waals surface area contributed by atoms with Gasteiger partial charge in [0.2, 0.25) is 0 Å². The lowest BCUT2D eigenvalue weighted by atomic mass is 9.63. The van der Waals surface area contributed by atoms with Gasteiger partial charge in [-0.2, -0.15) is 0 Å². The molecule has 0 unspecified atom stereocenters. The van der Waals surface area contributed by atoms with E-state index in [2.05, 4.69) is 28.1 Å². The van der Waals surface area contributed by atoms with E-state index in [9.17, 15) is 9.90 Å². The van der Waals surface area contributed by atoms with Crippen molar-refractivity contribution in [1.29, 1.82) is 0 Å². The highest BCUT2D eigenvalue weighted by Gasteiger charge is 2.49. The second-order valence-corrected chi connectivity index (χ2v) is 8.92. The number of benzene rings is 2. The minimum absolute atomic E-state index is 0.378.